The number of piperidine rings is 1. The van der Waals surface area contributed by atoms with Crippen LogP contribution in [0.15, 0.2) is 48.5 Å². The molecule has 0 bridgehead atoms. The van der Waals surface area contributed by atoms with E-state index in [0.717, 1.165) is 18.4 Å². The van der Waals surface area contributed by atoms with Gasteiger partial charge < -0.3 is 10.0 Å². The highest BCUT2D eigenvalue weighted by Crippen LogP contribution is 2.24. The predicted molar refractivity (Wildman–Crippen MR) is 107 cm³/mol. The van der Waals surface area contributed by atoms with Crippen molar-refractivity contribution >= 4 is 17.7 Å². The Morgan fingerprint density at radius 3 is 2.39 bits per heavy atom. The van der Waals surface area contributed by atoms with Crippen LogP contribution in [0.4, 0.5) is 0 Å². The van der Waals surface area contributed by atoms with Crippen molar-refractivity contribution in [2.24, 2.45) is 5.92 Å². The second kappa shape index (κ2) is 8.83. The lowest BCUT2D eigenvalue weighted by molar-refractivity contribution is -0.137. The van der Waals surface area contributed by atoms with Gasteiger partial charge in [0.2, 0.25) is 0 Å². The van der Waals surface area contributed by atoms with Crippen molar-refractivity contribution in [3.63, 3.8) is 0 Å². The van der Waals surface area contributed by atoms with Crippen LogP contribution < -0.4 is 0 Å². The number of rotatable bonds is 6. The Bertz CT molecular complexity index is 872. The van der Waals surface area contributed by atoms with Crippen LogP contribution in [-0.4, -0.2) is 40.8 Å². The van der Waals surface area contributed by atoms with E-state index in [4.69, 9.17) is 5.11 Å². The van der Waals surface area contributed by atoms with Gasteiger partial charge in [-0.25, -0.2) is 0 Å². The minimum Gasteiger partial charge on any atom is -0.481 e. The summed E-state index contributed by atoms with van der Waals surface area (Å²) in [7, 11) is 0. The first-order valence-electron chi connectivity index (χ1n) is 9.67. The Kier molecular flexibility index (Phi) is 6.24. The lowest BCUT2D eigenvalue weighted by Crippen LogP contribution is -2.40. The van der Waals surface area contributed by atoms with Crippen molar-refractivity contribution in [3.8, 4) is 0 Å². The maximum atomic E-state index is 13.2. The van der Waals surface area contributed by atoms with E-state index in [1.54, 1.807) is 41.3 Å². The number of aryl methyl sites for hydroxylation is 1. The SMILES string of the molecule is Cc1ccc(C(=O)c2ccccc2C(=O)N2CCCC(CCC(=O)O)C2)cc1. The molecule has 5 heteroatoms. The van der Waals surface area contributed by atoms with Crippen LogP contribution in [0.5, 0.6) is 0 Å². The van der Waals surface area contributed by atoms with Gasteiger partial charge in [-0.15, -0.1) is 0 Å². The standard InChI is InChI=1S/C23H25NO4/c1-16-8-11-18(12-9-16)22(27)19-6-2-3-7-20(19)23(28)24-14-4-5-17(15-24)10-13-21(25)26/h2-3,6-9,11-12,17H,4-5,10,13-15H2,1H3,(H,25,26). The first kappa shape index (κ1) is 19.8. The molecular weight excluding hydrogens is 354 g/mol. The molecule has 3 rings (SSSR count). The predicted octanol–water partition coefficient (Wildman–Crippen LogP) is 3.94. The fourth-order valence-electron chi connectivity index (χ4n) is 3.71. The number of likely N-dealkylation sites (tertiary alicyclic amines) is 1. The lowest BCUT2D eigenvalue weighted by Gasteiger charge is -2.33. The van der Waals surface area contributed by atoms with Gasteiger partial charge in [-0.2, -0.15) is 0 Å². The summed E-state index contributed by atoms with van der Waals surface area (Å²) in [5.74, 6) is -0.939. The number of carboxylic acids is 1. The van der Waals surface area contributed by atoms with E-state index >= 15 is 0 Å². The first-order chi connectivity index (χ1) is 13.5. The minimum absolute atomic E-state index is 0.120. The van der Waals surface area contributed by atoms with Crippen LogP contribution in [0.3, 0.4) is 0 Å². The topological polar surface area (TPSA) is 74.7 Å². The highest BCUT2D eigenvalue weighted by molar-refractivity contribution is 6.15. The number of carbonyl (C=O) groups excluding carboxylic acids is 2. The van der Waals surface area contributed by atoms with Crippen LogP contribution in [0.25, 0.3) is 0 Å². The molecule has 146 valence electrons. The second-order valence-electron chi connectivity index (χ2n) is 7.43. The maximum Gasteiger partial charge on any atom is 0.303 e. The molecule has 5 nitrogen and oxygen atoms in total. The fourth-order valence-corrected chi connectivity index (χ4v) is 3.71. The van der Waals surface area contributed by atoms with Gasteiger partial charge in [0.15, 0.2) is 5.78 Å². The number of hydrogen-bond donors (Lipinski definition) is 1. The van der Waals surface area contributed by atoms with Gasteiger partial charge in [0.05, 0.1) is 5.56 Å². The summed E-state index contributed by atoms with van der Waals surface area (Å²) >= 11 is 0. The van der Waals surface area contributed by atoms with Crippen LogP contribution in [0, 0.1) is 12.8 Å². The molecule has 0 aromatic heterocycles. The molecule has 1 fully saturated rings. The van der Waals surface area contributed by atoms with E-state index < -0.39 is 5.97 Å². The third-order valence-corrected chi connectivity index (χ3v) is 5.29. The van der Waals surface area contributed by atoms with Crippen molar-refractivity contribution < 1.29 is 19.5 Å². The van der Waals surface area contributed by atoms with Crippen molar-refractivity contribution in [2.45, 2.75) is 32.6 Å². The molecule has 1 N–H and O–H groups in total. The first-order valence-corrected chi connectivity index (χ1v) is 9.67. The van der Waals surface area contributed by atoms with Gasteiger partial charge in [-0.1, -0.05) is 48.0 Å². The molecule has 0 spiro atoms. The molecule has 1 unspecified atom stereocenters. The van der Waals surface area contributed by atoms with Crippen molar-refractivity contribution in [1.82, 2.24) is 4.90 Å². The lowest BCUT2D eigenvalue weighted by atomic mass is 9.92. The summed E-state index contributed by atoms with van der Waals surface area (Å²) in [5.41, 5.74) is 2.45. The number of benzene rings is 2. The molecule has 2 aromatic carbocycles. The molecule has 1 heterocycles. The van der Waals surface area contributed by atoms with E-state index in [0.29, 0.717) is 36.2 Å². The largest absolute Gasteiger partial charge is 0.481 e. The van der Waals surface area contributed by atoms with Gasteiger partial charge in [0, 0.05) is 30.6 Å². The maximum absolute atomic E-state index is 13.2. The molecule has 1 amide bonds. The van der Waals surface area contributed by atoms with E-state index in [1.165, 1.54) is 0 Å². The van der Waals surface area contributed by atoms with E-state index in [-0.39, 0.29) is 24.0 Å². The van der Waals surface area contributed by atoms with Gasteiger partial charge >= 0.3 is 5.97 Å². The number of ketones is 1. The zero-order valence-corrected chi connectivity index (χ0v) is 16.1. The summed E-state index contributed by atoms with van der Waals surface area (Å²) in [6, 6.07) is 14.3. The minimum atomic E-state index is -0.808. The molecular formula is C23H25NO4. The highest BCUT2D eigenvalue weighted by Gasteiger charge is 2.27. The number of carboxylic acid groups (broad SMARTS) is 1. The van der Waals surface area contributed by atoms with Crippen LogP contribution in [-0.2, 0) is 4.79 Å². The second-order valence-corrected chi connectivity index (χ2v) is 7.43. The van der Waals surface area contributed by atoms with Gasteiger partial charge in [-0.3, -0.25) is 14.4 Å². The van der Waals surface area contributed by atoms with Crippen LogP contribution >= 0.6 is 0 Å². The third-order valence-electron chi connectivity index (χ3n) is 5.29. The molecule has 28 heavy (non-hydrogen) atoms. The van der Waals surface area contributed by atoms with Crippen LogP contribution in [0.2, 0.25) is 0 Å². The summed E-state index contributed by atoms with van der Waals surface area (Å²) in [6.07, 6.45) is 2.48. The summed E-state index contributed by atoms with van der Waals surface area (Å²) in [5, 5.41) is 8.90. The molecule has 1 aliphatic heterocycles. The molecule has 1 atom stereocenters. The average molecular weight is 379 g/mol. The quantitative estimate of drug-likeness (QED) is 0.772. The van der Waals surface area contributed by atoms with Gasteiger partial charge in [-0.05, 0) is 38.2 Å². The number of amides is 1. The Balaban J connectivity index is 1.79. The molecule has 1 aliphatic rings. The van der Waals surface area contributed by atoms with Crippen LogP contribution in [0.1, 0.15) is 57.5 Å². The van der Waals surface area contributed by atoms with Gasteiger partial charge in [0.25, 0.3) is 5.91 Å². The molecule has 1 saturated heterocycles. The van der Waals surface area contributed by atoms with Crippen molar-refractivity contribution in [2.75, 3.05) is 13.1 Å². The van der Waals surface area contributed by atoms with E-state index in [2.05, 4.69) is 0 Å². The normalized spacial score (nSPS) is 16.6. The summed E-state index contributed by atoms with van der Waals surface area (Å²) in [4.78, 5) is 38.7. The van der Waals surface area contributed by atoms with Crippen molar-refractivity contribution in [1.29, 1.82) is 0 Å². The molecule has 0 saturated carbocycles. The average Bonchev–Trinajstić information content (AvgIpc) is 2.72. The number of aliphatic carboxylic acids is 1. The smallest absolute Gasteiger partial charge is 0.303 e. The Labute approximate surface area is 165 Å². The fraction of sp³-hybridized carbons (Fsp3) is 0.348. The number of hydrogen-bond acceptors (Lipinski definition) is 3. The number of carbonyl (C=O) groups is 3. The molecule has 0 radical (unpaired) electrons. The Hall–Kier alpha value is -2.95. The summed E-state index contributed by atoms with van der Waals surface area (Å²) < 4.78 is 0. The zero-order valence-electron chi connectivity index (χ0n) is 16.1. The molecule has 2 aromatic rings. The summed E-state index contributed by atoms with van der Waals surface area (Å²) in [6.45, 7) is 3.14. The Morgan fingerprint density at radius 2 is 1.71 bits per heavy atom. The van der Waals surface area contributed by atoms with Gasteiger partial charge in [0.1, 0.15) is 0 Å². The highest BCUT2D eigenvalue weighted by atomic mass is 16.4. The van der Waals surface area contributed by atoms with Crippen molar-refractivity contribution in [3.05, 3.63) is 70.8 Å². The van der Waals surface area contributed by atoms with E-state index in [1.807, 2.05) is 19.1 Å². The zero-order chi connectivity index (χ0) is 20.1. The number of nitrogens with zero attached hydrogens (tertiary/aromatic N) is 1. The third kappa shape index (κ3) is 4.66. The monoisotopic (exact) mass is 379 g/mol. The van der Waals surface area contributed by atoms with E-state index in [9.17, 15) is 14.4 Å². The molecule has 0 aliphatic carbocycles. The Morgan fingerprint density at radius 1 is 1.04 bits per heavy atom.